The van der Waals surface area contributed by atoms with Crippen LogP contribution in [0, 0.1) is 6.92 Å². The predicted octanol–water partition coefficient (Wildman–Crippen LogP) is 3.26. The summed E-state index contributed by atoms with van der Waals surface area (Å²) in [6, 6.07) is 5.87. The molecule has 0 unspecified atom stereocenters. The Morgan fingerprint density at radius 2 is 1.89 bits per heavy atom. The van der Waals surface area contributed by atoms with E-state index in [0.717, 1.165) is 6.92 Å². The Hall–Kier alpha value is -2.11. The minimum Gasteiger partial charge on any atom is -0.478 e. The summed E-state index contributed by atoms with van der Waals surface area (Å²) in [5.74, 6) is -1.39. The molecule has 3 nitrogen and oxygen atoms in total. The normalized spacial score (nSPS) is 11.8. The zero-order valence-electron chi connectivity index (χ0n) is 9.25. The fraction of sp³-hybridized carbons (Fsp3) is 0.167. The Labute approximate surface area is 99.9 Å². The third kappa shape index (κ3) is 1.90. The molecular formula is C12H8F3NO2. The number of fused-ring (bicyclic) bond motifs is 1. The van der Waals surface area contributed by atoms with Crippen molar-refractivity contribution in [1.29, 1.82) is 0 Å². The van der Waals surface area contributed by atoms with Crippen molar-refractivity contribution in [2.45, 2.75) is 13.1 Å². The second-order valence-electron chi connectivity index (χ2n) is 3.78. The van der Waals surface area contributed by atoms with Crippen molar-refractivity contribution in [3.63, 3.8) is 0 Å². The molecule has 1 N–H and O–H groups in total. The minimum absolute atomic E-state index is 0.0211. The number of rotatable bonds is 1. The van der Waals surface area contributed by atoms with Crippen LogP contribution in [0.25, 0.3) is 10.9 Å². The number of aromatic nitrogens is 1. The summed E-state index contributed by atoms with van der Waals surface area (Å²) >= 11 is 0. The first-order chi connectivity index (χ1) is 8.32. The van der Waals surface area contributed by atoms with Crippen molar-refractivity contribution in [1.82, 2.24) is 4.98 Å². The quantitative estimate of drug-likeness (QED) is 0.850. The summed E-state index contributed by atoms with van der Waals surface area (Å²) in [5, 5.41) is 9.26. The van der Waals surface area contributed by atoms with Gasteiger partial charge in [-0.25, -0.2) is 9.78 Å². The standard InChI is InChI=1S/C12H8F3NO2/c1-6-9(11(17)18)7-4-2-3-5-8(7)16-10(6)12(13,14)15/h2-5H,1H3,(H,17,18). The lowest BCUT2D eigenvalue weighted by atomic mass is 10.0. The molecule has 18 heavy (non-hydrogen) atoms. The van der Waals surface area contributed by atoms with Crippen LogP contribution in [0.4, 0.5) is 13.2 Å². The highest BCUT2D eigenvalue weighted by Crippen LogP contribution is 2.34. The lowest BCUT2D eigenvalue weighted by Gasteiger charge is -2.13. The summed E-state index contributed by atoms with van der Waals surface area (Å²) in [6.45, 7) is 1.12. The molecule has 2 aromatic rings. The van der Waals surface area contributed by atoms with Crippen molar-refractivity contribution < 1.29 is 23.1 Å². The first kappa shape index (κ1) is 12.3. The highest BCUT2D eigenvalue weighted by atomic mass is 19.4. The van der Waals surface area contributed by atoms with E-state index in [1.54, 1.807) is 6.07 Å². The number of carboxylic acids is 1. The molecule has 0 bridgehead atoms. The maximum absolute atomic E-state index is 12.8. The van der Waals surface area contributed by atoms with E-state index in [-0.39, 0.29) is 22.0 Å². The topological polar surface area (TPSA) is 50.2 Å². The molecule has 0 saturated carbocycles. The van der Waals surface area contributed by atoms with Crippen LogP contribution >= 0.6 is 0 Å². The Morgan fingerprint density at radius 1 is 1.28 bits per heavy atom. The van der Waals surface area contributed by atoms with E-state index < -0.39 is 17.8 Å². The first-order valence-corrected chi connectivity index (χ1v) is 5.02. The minimum atomic E-state index is -4.67. The molecule has 1 aromatic carbocycles. The predicted molar refractivity (Wildman–Crippen MR) is 58.4 cm³/mol. The van der Waals surface area contributed by atoms with Crippen LogP contribution in [0.2, 0.25) is 0 Å². The monoisotopic (exact) mass is 255 g/mol. The molecule has 2 rings (SSSR count). The van der Waals surface area contributed by atoms with Gasteiger partial charge in [0.1, 0.15) is 5.69 Å². The number of alkyl halides is 3. The summed E-state index contributed by atoms with van der Waals surface area (Å²) in [7, 11) is 0. The van der Waals surface area contributed by atoms with E-state index in [1.807, 2.05) is 0 Å². The maximum Gasteiger partial charge on any atom is 0.433 e. The highest BCUT2D eigenvalue weighted by molar-refractivity contribution is 6.04. The lowest BCUT2D eigenvalue weighted by Crippen LogP contribution is -2.14. The number of benzene rings is 1. The third-order valence-corrected chi connectivity index (χ3v) is 2.62. The molecule has 6 heteroatoms. The van der Waals surface area contributed by atoms with E-state index in [9.17, 15) is 18.0 Å². The lowest BCUT2D eigenvalue weighted by molar-refractivity contribution is -0.141. The van der Waals surface area contributed by atoms with Gasteiger partial charge in [-0.1, -0.05) is 18.2 Å². The summed E-state index contributed by atoms with van der Waals surface area (Å²) in [5.41, 5.74) is -1.85. The van der Waals surface area contributed by atoms with Gasteiger partial charge in [-0.05, 0) is 18.6 Å². The molecule has 0 fully saturated rings. The highest BCUT2D eigenvalue weighted by Gasteiger charge is 2.36. The summed E-state index contributed by atoms with van der Waals surface area (Å²) in [6.07, 6.45) is -4.67. The van der Waals surface area contributed by atoms with Crippen LogP contribution in [-0.2, 0) is 6.18 Å². The molecule has 0 amide bonds. The largest absolute Gasteiger partial charge is 0.478 e. The van der Waals surface area contributed by atoms with E-state index >= 15 is 0 Å². The number of hydrogen-bond acceptors (Lipinski definition) is 2. The van der Waals surface area contributed by atoms with Crippen molar-refractivity contribution in [2.24, 2.45) is 0 Å². The fourth-order valence-electron chi connectivity index (χ4n) is 1.86. The molecule has 94 valence electrons. The zero-order valence-corrected chi connectivity index (χ0v) is 9.25. The molecule has 1 heterocycles. The van der Waals surface area contributed by atoms with E-state index in [0.29, 0.717) is 0 Å². The number of nitrogens with zero attached hydrogens (tertiary/aromatic N) is 1. The Morgan fingerprint density at radius 3 is 2.44 bits per heavy atom. The van der Waals surface area contributed by atoms with Gasteiger partial charge in [0.25, 0.3) is 0 Å². The second-order valence-corrected chi connectivity index (χ2v) is 3.78. The molecule has 1 aromatic heterocycles. The van der Waals surface area contributed by atoms with Crippen LogP contribution in [0.3, 0.4) is 0 Å². The Kier molecular flexibility index (Phi) is 2.73. The van der Waals surface area contributed by atoms with Gasteiger partial charge in [0.15, 0.2) is 0 Å². The number of hydrogen-bond donors (Lipinski definition) is 1. The smallest absolute Gasteiger partial charge is 0.433 e. The van der Waals surface area contributed by atoms with Gasteiger partial charge in [-0.15, -0.1) is 0 Å². The van der Waals surface area contributed by atoms with Gasteiger partial charge in [0.05, 0.1) is 11.1 Å². The van der Waals surface area contributed by atoms with Crippen molar-refractivity contribution in [3.05, 3.63) is 41.1 Å². The molecule has 0 aliphatic carbocycles. The molecule has 0 spiro atoms. The fourth-order valence-corrected chi connectivity index (χ4v) is 1.86. The number of carbonyl (C=O) groups is 1. The number of carboxylic acid groups (broad SMARTS) is 1. The van der Waals surface area contributed by atoms with E-state index in [4.69, 9.17) is 5.11 Å². The van der Waals surface area contributed by atoms with Gasteiger partial charge >= 0.3 is 12.1 Å². The first-order valence-electron chi connectivity index (χ1n) is 5.02. The summed E-state index contributed by atoms with van der Waals surface area (Å²) in [4.78, 5) is 14.6. The Bertz CT molecular complexity index is 635. The number of pyridine rings is 1. The van der Waals surface area contributed by atoms with Crippen molar-refractivity contribution in [2.75, 3.05) is 0 Å². The number of halogens is 3. The van der Waals surface area contributed by atoms with Crippen LogP contribution in [0.15, 0.2) is 24.3 Å². The zero-order chi connectivity index (χ0) is 13.5. The maximum atomic E-state index is 12.8. The van der Waals surface area contributed by atoms with Crippen molar-refractivity contribution >= 4 is 16.9 Å². The molecule has 0 aliphatic rings. The van der Waals surface area contributed by atoms with Gasteiger partial charge < -0.3 is 5.11 Å². The van der Waals surface area contributed by atoms with Gasteiger partial charge in [-0.2, -0.15) is 13.2 Å². The van der Waals surface area contributed by atoms with Gasteiger partial charge in [-0.3, -0.25) is 0 Å². The van der Waals surface area contributed by atoms with Gasteiger partial charge in [0, 0.05) is 5.39 Å². The third-order valence-electron chi connectivity index (χ3n) is 2.62. The van der Waals surface area contributed by atoms with E-state index in [1.165, 1.54) is 18.2 Å². The molecule has 0 atom stereocenters. The molecular weight excluding hydrogens is 247 g/mol. The average molecular weight is 255 g/mol. The average Bonchev–Trinajstić information content (AvgIpc) is 2.26. The summed E-state index contributed by atoms with van der Waals surface area (Å²) < 4.78 is 38.3. The Balaban J connectivity index is 2.93. The number of para-hydroxylation sites is 1. The van der Waals surface area contributed by atoms with Crippen LogP contribution in [0.5, 0.6) is 0 Å². The SMILES string of the molecule is Cc1c(C(F)(F)F)nc2ccccc2c1C(=O)O. The van der Waals surface area contributed by atoms with Crippen molar-refractivity contribution in [3.8, 4) is 0 Å². The second kappa shape index (κ2) is 3.97. The van der Waals surface area contributed by atoms with Gasteiger partial charge in [0.2, 0.25) is 0 Å². The molecule has 0 radical (unpaired) electrons. The van der Waals surface area contributed by atoms with Crippen LogP contribution in [-0.4, -0.2) is 16.1 Å². The number of aromatic carboxylic acids is 1. The van der Waals surface area contributed by atoms with Crippen LogP contribution < -0.4 is 0 Å². The molecule has 0 saturated heterocycles. The van der Waals surface area contributed by atoms with E-state index in [2.05, 4.69) is 4.98 Å². The van der Waals surface area contributed by atoms with Crippen LogP contribution in [0.1, 0.15) is 21.6 Å². The molecule has 0 aliphatic heterocycles.